The Hall–Kier alpha value is -0.340. The van der Waals surface area contributed by atoms with Crippen molar-refractivity contribution in [2.45, 2.75) is 39.0 Å². The Kier molecular flexibility index (Phi) is 4.85. The first-order chi connectivity index (χ1) is 8.60. The van der Waals surface area contributed by atoms with E-state index in [-0.39, 0.29) is 5.92 Å². The summed E-state index contributed by atoms with van der Waals surface area (Å²) in [5.41, 5.74) is 1.09. The molecule has 0 bridgehead atoms. The molecule has 0 amide bonds. The highest BCUT2D eigenvalue weighted by atomic mass is 79.9. The topological polar surface area (TPSA) is 17.1 Å². The number of rotatable bonds is 3. The van der Waals surface area contributed by atoms with Crippen LogP contribution in [-0.4, -0.2) is 5.78 Å². The second kappa shape index (κ2) is 6.21. The Morgan fingerprint density at radius 2 is 2.22 bits per heavy atom. The normalized spacial score (nSPS) is 24.3. The van der Waals surface area contributed by atoms with Gasteiger partial charge in [-0.25, -0.2) is 0 Å². The van der Waals surface area contributed by atoms with E-state index in [4.69, 9.17) is 11.6 Å². The zero-order valence-electron chi connectivity index (χ0n) is 10.6. The summed E-state index contributed by atoms with van der Waals surface area (Å²) in [6, 6.07) is 5.92. The molecule has 2 unspecified atom stereocenters. The number of carbonyl (C=O) groups is 1. The van der Waals surface area contributed by atoms with Crippen LogP contribution < -0.4 is 0 Å². The zero-order valence-corrected chi connectivity index (χ0v) is 12.9. The van der Waals surface area contributed by atoms with E-state index < -0.39 is 0 Å². The summed E-state index contributed by atoms with van der Waals surface area (Å²) in [5, 5.41) is 0.760. The molecule has 0 heterocycles. The van der Waals surface area contributed by atoms with Crippen LogP contribution in [0.3, 0.4) is 0 Å². The number of ketones is 1. The second-order valence-corrected chi connectivity index (χ2v) is 6.47. The van der Waals surface area contributed by atoms with Crippen LogP contribution in [0.25, 0.3) is 0 Å². The molecule has 0 N–H and O–H groups in total. The average molecular weight is 330 g/mol. The average Bonchev–Trinajstić information content (AvgIpc) is 2.35. The molecule has 0 spiro atoms. The maximum Gasteiger partial charge on any atom is 0.136 e. The molecule has 0 saturated heterocycles. The molecule has 98 valence electrons. The molecular weight excluding hydrogens is 312 g/mol. The van der Waals surface area contributed by atoms with Gasteiger partial charge in [0.05, 0.1) is 0 Å². The van der Waals surface area contributed by atoms with Gasteiger partial charge in [0, 0.05) is 21.8 Å². The van der Waals surface area contributed by atoms with Gasteiger partial charge in [-0.15, -0.1) is 0 Å². The molecule has 1 fully saturated rings. The van der Waals surface area contributed by atoms with Crippen molar-refractivity contribution in [2.24, 2.45) is 11.8 Å². The predicted molar refractivity (Wildman–Crippen MR) is 79.0 cm³/mol. The maximum atomic E-state index is 12.0. The Labute approximate surface area is 122 Å². The third kappa shape index (κ3) is 3.36. The highest BCUT2D eigenvalue weighted by Gasteiger charge is 2.28. The first-order valence-electron chi connectivity index (χ1n) is 6.56. The Balaban J connectivity index is 2.09. The lowest BCUT2D eigenvalue weighted by atomic mass is 9.77. The summed E-state index contributed by atoms with van der Waals surface area (Å²) >= 11 is 9.63. The van der Waals surface area contributed by atoms with Crippen molar-refractivity contribution in [3.63, 3.8) is 0 Å². The highest BCUT2D eigenvalue weighted by molar-refractivity contribution is 9.10. The zero-order chi connectivity index (χ0) is 13.1. The van der Waals surface area contributed by atoms with E-state index in [1.54, 1.807) is 0 Å². The van der Waals surface area contributed by atoms with Gasteiger partial charge in [0.1, 0.15) is 5.78 Å². The van der Waals surface area contributed by atoms with Gasteiger partial charge >= 0.3 is 0 Å². The van der Waals surface area contributed by atoms with E-state index in [0.717, 1.165) is 40.7 Å². The van der Waals surface area contributed by atoms with Crippen LogP contribution in [0.5, 0.6) is 0 Å². The third-order valence-electron chi connectivity index (χ3n) is 3.93. The molecule has 1 aromatic carbocycles. The van der Waals surface area contributed by atoms with Crippen LogP contribution in [0.2, 0.25) is 5.02 Å². The van der Waals surface area contributed by atoms with Crippen LogP contribution in [-0.2, 0) is 11.2 Å². The number of carbonyl (C=O) groups excluding carboxylic acids is 1. The number of Topliss-reactive ketones (excluding diaryl/α,β-unsaturated/α-hetero) is 1. The molecule has 1 nitrogen and oxygen atoms in total. The molecule has 3 heteroatoms. The molecule has 1 aliphatic rings. The van der Waals surface area contributed by atoms with Crippen LogP contribution in [0.4, 0.5) is 0 Å². The van der Waals surface area contributed by atoms with E-state index in [1.165, 1.54) is 6.42 Å². The summed E-state index contributed by atoms with van der Waals surface area (Å²) in [6.45, 7) is 2.21. The standard InChI is InChI=1S/C15H18BrClO/c1-2-10-3-6-15(18)12(7-10)8-11-4-5-13(16)9-14(11)17/h4-5,9-10,12H,2-3,6-8H2,1H3. The molecule has 18 heavy (non-hydrogen) atoms. The van der Waals surface area contributed by atoms with Crippen molar-refractivity contribution >= 4 is 33.3 Å². The summed E-state index contributed by atoms with van der Waals surface area (Å²) in [5.74, 6) is 1.29. The van der Waals surface area contributed by atoms with Crippen LogP contribution in [0.15, 0.2) is 22.7 Å². The molecule has 0 aromatic heterocycles. The SMILES string of the molecule is CCC1CCC(=O)C(Cc2ccc(Br)cc2Cl)C1. The molecule has 1 aliphatic carbocycles. The summed E-state index contributed by atoms with van der Waals surface area (Å²) in [7, 11) is 0. The fourth-order valence-corrected chi connectivity index (χ4v) is 3.47. The smallest absolute Gasteiger partial charge is 0.136 e. The minimum Gasteiger partial charge on any atom is -0.299 e. The van der Waals surface area contributed by atoms with Crippen LogP contribution in [0.1, 0.15) is 38.2 Å². The number of benzene rings is 1. The van der Waals surface area contributed by atoms with E-state index >= 15 is 0 Å². The van der Waals surface area contributed by atoms with Crippen molar-refractivity contribution in [1.29, 1.82) is 0 Å². The number of halogens is 2. The number of hydrogen-bond acceptors (Lipinski definition) is 1. The van der Waals surface area contributed by atoms with Crippen molar-refractivity contribution in [2.75, 3.05) is 0 Å². The molecule has 0 aliphatic heterocycles. The van der Waals surface area contributed by atoms with Gasteiger partial charge in [0.25, 0.3) is 0 Å². The maximum absolute atomic E-state index is 12.0. The molecular formula is C15H18BrClO. The van der Waals surface area contributed by atoms with Crippen LogP contribution in [0, 0.1) is 11.8 Å². The lowest BCUT2D eigenvalue weighted by Gasteiger charge is -2.27. The van der Waals surface area contributed by atoms with Crippen molar-refractivity contribution in [1.82, 2.24) is 0 Å². The minimum absolute atomic E-state index is 0.169. The summed E-state index contributed by atoms with van der Waals surface area (Å²) in [6.07, 6.45) is 4.82. The lowest BCUT2D eigenvalue weighted by Crippen LogP contribution is -2.26. The van der Waals surface area contributed by atoms with E-state index in [0.29, 0.717) is 11.7 Å². The van der Waals surface area contributed by atoms with Crippen molar-refractivity contribution in [3.05, 3.63) is 33.3 Å². The first kappa shape index (κ1) is 14.1. The van der Waals surface area contributed by atoms with Crippen molar-refractivity contribution in [3.8, 4) is 0 Å². The van der Waals surface area contributed by atoms with Gasteiger partial charge < -0.3 is 0 Å². The summed E-state index contributed by atoms with van der Waals surface area (Å²) < 4.78 is 0.984. The predicted octanol–water partition coefficient (Wildman–Crippen LogP) is 5.04. The monoisotopic (exact) mass is 328 g/mol. The molecule has 2 atom stereocenters. The first-order valence-corrected chi connectivity index (χ1v) is 7.74. The molecule has 2 rings (SSSR count). The van der Waals surface area contributed by atoms with Crippen LogP contribution >= 0.6 is 27.5 Å². The second-order valence-electron chi connectivity index (χ2n) is 5.15. The van der Waals surface area contributed by atoms with E-state index in [9.17, 15) is 4.79 Å². The van der Waals surface area contributed by atoms with Gasteiger partial charge in [-0.05, 0) is 42.9 Å². The van der Waals surface area contributed by atoms with E-state index in [1.807, 2.05) is 18.2 Å². The van der Waals surface area contributed by atoms with Gasteiger partial charge in [0.15, 0.2) is 0 Å². The van der Waals surface area contributed by atoms with E-state index in [2.05, 4.69) is 22.9 Å². The van der Waals surface area contributed by atoms with Crippen molar-refractivity contribution < 1.29 is 4.79 Å². The van der Waals surface area contributed by atoms with Gasteiger partial charge in [-0.2, -0.15) is 0 Å². The largest absolute Gasteiger partial charge is 0.299 e. The molecule has 1 saturated carbocycles. The number of hydrogen-bond donors (Lipinski definition) is 0. The quantitative estimate of drug-likeness (QED) is 0.759. The van der Waals surface area contributed by atoms with Gasteiger partial charge in [-0.3, -0.25) is 4.79 Å². The molecule has 0 radical (unpaired) electrons. The Morgan fingerprint density at radius 1 is 1.44 bits per heavy atom. The summed E-state index contributed by atoms with van der Waals surface area (Å²) in [4.78, 5) is 12.0. The Morgan fingerprint density at radius 3 is 2.89 bits per heavy atom. The van der Waals surface area contributed by atoms with Gasteiger partial charge in [-0.1, -0.05) is 46.9 Å². The lowest BCUT2D eigenvalue weighted by molar-refractivity contribution is -0.125. The highest BCUT2D eigenvalue weighted by Crippen LogP contribution is 2.32. The van der Waals surface area contributed by atoms with Gasteiger partial charge in [0.2, 0.25) is 0 Å². The minimum atomic E-state index is 0.169. The fraction of sp³-hybridized carbons (Fsp3) is 0.533. The Bertz CT molecular complexity index is 444. The third-order valence-corrected chi connectivity index (χ3v) is 4.78. The fourth-order valence-electron chi connectivity index (χ4n) is 2.72. The molecule has 1 aromatic rings.